The Kier molecular flexibility index (Phi) is 6.85. The van der Waals surface area contributed by atoms with Crippen molar-refractivity contribution in [3.05, 3.63) is 35.9 Å². The second-order valence-electron chi connectivity index (χ2n) is 7.12. The molecular formula is C18H30O3Si. The zero-order valence-electron chi connectivity index (χ0n) is 14.7. The van der Waals surface area contributed by atoms with Crippen molar-refractivity contribution < 1.29 is 14.3 Å². The molecule has 0 radical (unpaired) electrons. The zero-order chi connectivity index (χ0) is 16.8. The van der Waals surface area contributed by atoms with E-state index < -0.39 is 8.32 Å². The molecule has 0 bridgehead atoms. The SMILES string of the molecule is C[C@H](CO[Si](C)(C)C(C)(C)C)Oc1ccccc1/C=C/CO. The fraction of sp³-hybridized carbons (Fsp3) is 0.556. The number of aliphatic hydroxyl groups excluding tert-OH is 1. The monoisotopic (exact) mass is 322 g/mol. The van der Waals surface area contributed by atoms with Crippen LogP contribution in [0.4, 0.5) is 0 Å². The lowest BCUT2D eigenvalue weighted by atomic mass is 10.2. The Hall–Kier alpha value is -1.10. The van der Waals surface area contributed by atoms with Crippen LogP contribution in [0.3, 0.4) is 0 Å². The van der Waals surface area contributed by atoms with Crippen LogP contribution < -0.4 is 4.74 Å². The number of aliphatic hydroxyl groups is 1. The highest BCUT2D eigenvalue weighted by atomic mass is 28.4. The lowest BCUT2D eigenvalue weighted by molar-refractivity contribution is 0.134. The van der Waals surface area contributed by atoms with Crippen molar-refractivity contribution >= 4 is 14.4 Å². The van der Waals surface area contributed by atoms with E-state index in [1.54, 1.807) is 6.08 Å². The molecule has 0 fully saturated rings. The van der Waals surface area contributed by atoms with E-state index in [0.717, 1.165) is 11.3 Å². The van der Waals surface area contributed by atoms with Gasteiger partial charge in [0.05, 0.1) is 13.2 Å². The quantitative estimate of drug-likeness (QED) is 0.752. The van der Waals surface area contributed by atoms with Gasteiger partial charge in [0.2, 0.25) is 0 Å². The second kappa shape index (κ2) is 7.95. The van der Waals surface area contributed by atoms with Crippen molar-refractivity contribution in [2.24, 2.45) is 0 Å². The summed E-state index contributed by atoms with van der Waals surface area (Å²) in [4.78, 5) is 0. The van der Waals surface area contributed by atoms with E-state index in [9.17, 15) is 0 Å². The van der Waals surface area contributed by atoms with Gasteiger partial charge in [0.15, 0.2) is 8.32 Å². The minimum Gasteiger partial charge on any atom is -0.488 e. The summed E-state index contributed by atoms with van der Waals surface area (Å²) in [5.41, 5.74) is 0.968. The summed E-state index contributed by atoms with van der Waals surface area (Å²) in [5, 5.41) is 9.11. The van der Waals surface area contributed by atoms with E-state index >= 15 is 0 Å². The van der Waals surface area contributed by atoms with E-state index in [1.165, 1.54) is 0 Å². The predicted octanol–water partition coefficient (Wildman–Crippen LogP) is 4.48. The molecule has 0 aliphatic rings. The van der Waals surface area contributed by atoms with Gasteiger partial charge in [-0.15, -0.1) is 0 Å². The highest BCUT2D eigenvalue weighted by Crippen LogP contribution is 2.36. The van der Waals surface area contributed by atoms with Gasteiger partial charge in [-0.1, -0.05) is 51.1 Å². The summed E-state index contributed by atoms with van der Waals surface area (Å²) in [7, 11) is -1.75. The van der Waals surface area contributed by atoms with Crippen molar-refractivity contribution in [1.29, 1.82) is 0 Å². The predicted molar refractivity (Wildman–Crippen MR) is 95.8 cm³/mol. The van der Waals surface area contributed by atoms with Gasteiger partial charge < -0.3 is 14.3 Å². The summed E-state index contributed by atoms with van der Waals surface area (Å²) in [6, 6.07) is 7.83. The molecule has 0 heterocycles. The van der Waals surface area contributed by atoms with Gasteiger partial charge in [0, 0.05) is 5.56 Å². The molecule has 1 aromatic carbocycles. The van der Waals surface area contributed by atoms with Crippen LogP contribution in [-0.4, -0.2) is 32.7 Å². The Balaban J connectivity index is 2.66. The van der Waals surface area contributed by atoms with E-state index in [2.05, 4.69) is 33.9 Å². The number of rotatable bonds is 7. The largest absolute Gasteiger partial charge is 0.488 e. The molecule has 0 unspecified atom stereocenters. The zero-order valence-corrected chi connectivity index (χ0v) is 15.7. The number of para-hydroxylation sites is 1. The minimum absolute atomic E-state index is 0.0159. The highest BCUT2D eigenvalue weighted by molar-refractivity contribution is 6.74. The molecule has 0 saturated carbocycles. The van der Waals surface area contributed by atoms with Crippen molar-refractivity contribution in [1.82, 2.24) is 0 Å². The molecule has 0 aliphatic heterocycles. The first-order chi connectivity index (χ1) is 10.2. The van der Waals surface area contributed by atoms with Crippen molar-refractivity contribution in [2.75, 3.05) is 13.2 Å². The maximum absolute atomic E-state index is 8.91. The Morgan fingerprint density at radius 1 is 1.23 bits per heavy atom. The van der Waals surface area contributed by atoms with Gasteiger partial charge >= 0.3 is 0 Å². The molecule has 22 heavy (non-hydrogen) atoms. The molecule has 0 amide bonds. The van der Waals surface area contributed by atoms with Crippen LogP contribution >= 0.6 is 0 Å². The third kappa shape index (κ3) is 5.59. The smallest absolute Gasteiger partial charge is 0.192 e. The minimum atomic E-state index is -1.75. The van der Waals surface area contributed by atoms with E-state index in [0.29, 0.717) is 6.61 Å². The van der Waals surface area contributed by atoms with Crippen molar-refractivity contribution in [3.8, 4) is 5.75 Å². The van der Waals surface area contributed by atoms with Gasteiger partial charge in [-0.05, 0) is 31.1 Å². The third-order valence-corrected chi connectivity index (χ3v) is 8.64. The second-order valence-corrected chi connectivity index (χ2v) is 11.9. The van der Waals surface area contributed by atoms with Gasteiger partial charge in [0.25, 0.3) is 0 Å². The van der Waals surface area contributed by atoms with E-state index in [1.807, 2.05) is 37.3 Å². The Labute approximate surface area is 136 Å². The Morgan fingerprint density at radius 2 is 1.86 bits per heavy atom. The van der Waals surface area contributed by atoms with E-state index in [-0.39, 0.29) is 17.7 Å². The molecule has 3 nitrogen and oxygen atoms in total. The summed E-state index contributed by atoms with van der Waals surface area (Å²) >= 11 is 0. The van der Waals surface area contributed by atoms with Crippen LogP contribution in [0.25, 0.3) is 6.08 Å². The van der Waals surface area contributed by atoms with Crippen LogP contribution in [-0.2, 0) is 4.43 Å². The molecule has 0 aromatic heterocycles. The Bertz CT molecular complexity index is 489. The summed E-state index contributed by atoms with van der Waals surface area (Å²) in [6.45, 7) is 13.8. The van der Waals surface area contributed by atoms with Crippen LogP contribution in [0.5, 0.6) is 5.75 Å². The average molecular weight is 323 g/mol. The molecule has 0 spiro atoms. The number of ether oxygens (including phenoxy) is 1. The molecule has 1 rings (SSSR count). The normalized spacial score (nSPS) is 14.3. The summed E-state index contributed by atoms with van der Waals surface area (Å²) in [5.74, 6) is 0.818. The van der Waals surface area contributed by atoms with Gasteiger partial charge in [-0.25, -0.2) is 0 Å². The van der Waals surface area contributed by atoms with Gasteiger partial charge in [-0.3, -0.25) is 0 Å². The van der Waals surface area contributed by atoms with E-state index in [4.69, 9.17) is 14.3 Å². The summed E-state index contributed by atoms with van der Waals surface area (Å²) < 4.78 is 12.2. The van der Waals surface area contributed by atoms with Crippen molar-refractivity contribution in [3.63, 3.8) is 0 Å². The van der Waals surface area contributed by atoms with Gasteiger partial charge in [-0.2, -0.15) is 0 Å². The molecular weight excluding hydrogens is 292 g/mol. The highest BCUT2D eigenvalue weighted by Gasteiger charge is 2.37. The topological polar surface area (TPSA) is 38.7 Å². The average Bonchev–Trinajstić information content (AvgIpc) is 2.43. The molecule has 1 atom stereocenters. The molecule has 0 saturated heterocycles. The molecule has 1 aromatic rings. The standard InChI is InChI=1S/C18H30O3Si/c1-15(14-20-22(5,6)18(2,3)4)21-17-12-8-7-10-16(17)11-9-13-19/h7-12,15,19H,13-14H2,1-6H3/b11-9+/t15-/m1/s1. The molecule has 4 heteroatoms. The lowest BCUT2D eigenvalue weighted by Crippen LogP contribution is -2.43. The molecule has 0 aliphatic carbocycles. The maximum atomic E-state index is 8.91. The molecule has 1 N–H and O–H groups in total. The number of hydrogen-bond donors (Lipinski definition) is 1. The van der Waals surface area contributed by atoms with Crippen LogP contribution in [0.1, 0.15) is 33.3 Å². The third-order valence-electron chi connectivity index (χ3n) is 4.14. The fourth-order valence-electron chi connectivity index (χ4n) is 1.70. The summed E-state index contributed by atoms with van der Waals surface area (Å²) in [6.07, 6.45) is 3.56. The first-order valence-electron chi connectivity index (χ1n) is 7.84. The van der Waals surface area contributed by atoms with Crippen molar-refractivity contribution in [2.45, 2.75) is 51.9 Å². The van der Waals surface area contributed by atoms with Crippen LogP contribution in [0.15, 0.2) is 30.3 Å². The molecule has 124 valence electrons. The fourth-order valence-corrected chi connectivity index (χ4v) is 2.78. The van der Waals surface area contributed by atoms with Crippen LogP contribution in [0, 0.1) is 0 Å². The van der Waals surface area contributed by atoms with Gasteiger partial charge in [0.1, 0.15) is 11.9 Å². The maximum Gasteiger partial charge on any atom is 0.192 e. The first-order valence-corrected chi connectivity index (χ1v) is 10.8. The number of hydrogen-bond acceptors (Lipinski definition) is 3. The Morgan fingerprint density at radius 3 is 2.45 bits per heavy atom. The lowest BCUT2D eigenvalue weighted by Gasteiger charge is -2.37. The first kappa shape index (κ1) is 18.9. The number of benzene rings is 1. The van der Waals surface area contributed by atoms with Crippen LogP contribution in [0.2, 0.25) is 18.1 Å².